The van der Waals surface area contributed by atoms with Crippen LogP contribution in [-0.4, -0.2) is 28.4 Å². The van der Waals surface area contributed by atoms with Gasteiger partial charge in [0.2, 0.25) is 0 Å². The minimum Gasteiger partial charge on any atom is -0.508 e. The van der Waals surface area contributed by atoms with E-state index in [4.69, 9.17) is 16.6 Å². The van der Waals surface area contributed by atoms with E-state index in [-0.39, 0.29) is 18.8 Å². The first-order valence-corrected chi connectivity index (χ1v) is 6.68. The first-order chi connectivity index (χ1) is 10.1. The average molecular weight is 290 g/mol. The van der Waals surface area contributed by atoms with E-state index in [2.05, 4.69) is 0 Å². The van der Waals surface area contributed by atoms with Crippen LogP contribution in [0.2, 0.25) is 0 Å². The van der Waals surface area contributed by atoms with E-state index in [1.165, 1.54) is 12.1 Å². The molecule has 0 saturated carbocycles. The quantitative estimate of drug-likeness (QED) is 0.578. The molecule has 2 aromatic carbocycles. The molecule has 0 aromatic heterocycles. The third kappa shape index (κ3) is 5.93. The lowest BCUT2D eigenvalue weighted by atomic mass is 10.1. The molecule has 21 heavy (non-hydrogen) atoms. The van der Waals surface area contributed by atoms with Crippen LogP contribution in [0.5, 0.6) is 5.75 Å². The summed E-state index contributed by atoms with van der Waals surface area (Å²) in [7, 11) is 0. The van der Waals surface area contributed by atoms with Crippen LogP contribution in [0.1, 0.15) is 23.3 Å². The molecule has 0 heterocycles. The maximum absolute atomic E-state index is 9.21. The Kier molecular flexibility index (Phi) is 7.42. The molecule has 0 aliphatic heterocycles. The first-order valence-electron chi connectivity index (χ1n) is 6.68. The smallest absolute Gasteiger partial charge is 0.115 e. The van der Waals surface area contributed by atoms with Crippen molar-refractivity contribution >= 4 is 0 Å². The summed E-state index contributed by atoms with van der Waals surface area (Å²) in [4.78, 5) is 0. The van der Waals surface area contributed by atoms with Gasteiger partial charge in [-0.1, -0.05) is 42.5 Å². The molecule has 0 aliphatic carbocycles. The predicted octanol–water partition coefficient (Wildman–Crippen LogP) is 1.06. The lowest BCUT2D eigenvalue weighted by molar-refractivity contribution is 0.186. The van der Waals surface area contributed by atoms with Crippen LogP contribution in [0.25, 0.3) is 0 Å². The van der Waals surface area contributed by atoms with Crippen molar-refractivity contribution in [3.05, 3.63) is 65.7 Å². The van der Waals surface area contributed by atoms with E-state index >= 15 is 0 Å². The molecule has 2 rings (SSSR count). The Morgan fingerprint density at radius 3 is 1.57 bits per heavy atom. The largest absolute Gasteiger partial charge is 0.508 e. The molecule has 0 saturated heterocycles. The van der Waals surface area contributed by atoms with Gasteiger partial charge in [0.1, 0.15) is 5.75 Å². The molecule has 7 N–H and O–H groups in total. The van der Waals surface area contributed by atoms with Gasteiger partial charge in [-0.3, -0.25) is 0 Å². The molecule has 0 fully saturated rings. The van der Waals surface area contributed by atoms with Gasteiger partial charge in [-0.25, -0.2) is 0 Å². The van der Waals surface area contributed by atoms with Crippen molar-refractivity contribution in [1.82, 2.24) is 0 Å². The number of hydrogen-bond donors (Lipinski definition) is 5. The number of aliphatic hydroxyl groups is 2. The molecule has 5 nitrogen and oxygen atoms in total. The minimum atomic E-state index is -0.629. The van der Waals surface area contributed by atoms with Crippen LogP contribution in [0, 0.1) is 0 Å². The Balaban J connectivity index is 0.000000211. The summed E-state index contributed by atoms with van der Waals surface area (Å²) >= 11 is 0. The lowest BCUT2D eigenvalue weighted by Crippen LogP contribution is -2.10. The van der Waals surface area contributed by atoms with Gasteiger partial charge in [-0.15, -0.1) is 0 Å². The van der Waals surface area contributed by atoms with Crippen LogP contribution >= 0.6 is 0 Å². The lowest BCUT2D eigenvalue weighted by Gasteiger charge is -2.06. The fourth-order valence-electron chi connectivity index (χ4n) is 1.64. The Morgan fingerprint density at radius 2 is 1.14 bits per heavy atom. The van der Waals surface area contributed by atoms with Gasteiger partial charge < -0.3 is 26.8 Å². The van der Waals surface area contributed by atoms with Crippen molar-refractivity contribution < 1.29 is 15.3 Å². The molecule has 0 spiro atoms. The van der Waals surface area contributed by atoms with E-state index in [0.29, 0.717) is 0 Å². The summed E-state index contributed by atoms with van der Waals surface area (Å²) in [5.74, 6) is 0.193. The summed E-state index contributed by atoms with van der Waals surface area (Å²) < 4.78 is 0. The second kappa shape index (κ2) is 9.10. The van der Waals surface area contributed by atoms with Crippen molar-refractivity contribution in [2.24, 2.45) is 11.5 Å². The number of aromatic hydroxyl groups is 1. The molecule has 5 heteroatoms. The second-order valence-electron chi connectivity index (χ2n) is 4.51. The second-order valence-corrected chi connectivity index (χ2v) is 4.51. The van der Waals surface area contributed by atoms with E-state index in [1.807, 2.05) is 30.3 Å². The van der Waals surface area contributed by atoms with E-state index in [0.717, 1.165) is 11.1 Å². The number of phenols is 1. The zero-order valence-corrected chi connectivity index (χ0v) is 11.8. The molecule has 0 bridgehead atoms. The van der Waals surface area contributed by atoms with Crippen molar-refractivity contribution in [3.63, 3.8) is 0 Å². The fourth-order valence-corrected chi connectivity index (χ4v) is 1.64. The van der Waals surface area contributed by atoms with Crippen LogP contribution in [0.15, 0.2) is 54.6 Å². The molecule has 0 aliphatic rings. The summed E-state index contributed by atoms with van der Waals surface area (Å²) in [6.45, 7) is 0.481. The summed E-state index contributed by atoms with van der Waals surface area (Å²) in [6, 6.07) is 15.7. The Morgan fingerprint density at radius 1 is 0.714 bits per heavy atom. The number of hydrogen-bond acceptors (Lipinski definition) is 5. The predicted molar refractivity (Wildman–Crippen MR) is 82.6 cm³/mol. The number of rotatable bonds is 4. The number of aliphatic hydroxyl groups excluding tert-OH is 2. The topological polar surface area (TPSA) is 113 Å². The molecule has 114 valence electrons. The zero-order valence-electron chi connectivity index (χ0n) is 11.8. The Bertz CT molecular complexity index is 503. The van der Waals surface area contributed by atoms with Gasteiger partial charge in [-0.05, 0) is 23.3 Å². The van der Waals surface area contributed by atoms with Crippen molar-refractivity contribution in [2.75, 3.05) is 13.1 Å². The highest BCUT2D eigenvalue weighted by Gasteiger charge is 2.03. The molecule has 2 atom stereocenters. The van der Waals surface area contributed by atoms with E-state index in [9.17, 15) is 10.2 Å². The SMILES string of the molecule is NCC(O)c1ccc(O)cc1.NCC(O)c1ccccc1. The molecular formula is C16H22N2O3. The Hall–Kier alpha value is -1.92. The van der Waals surface area contributed by atoms with E-state index in [1.54, 1.807) is 12.1 Å². The maximum Gasteiger partial charge on any atom is 0.115 e. The molecular weight excluding hydrogens is 268 g/mol. The van der Waals surface area contributed by atoms with Crippen LogP contribution < -0.4 is 11.5 Å². The van der Waals surface area contributed by atoms with Gasteiger partial charge in [0.15, 0.2) is 0 Å². The third-order valence-corrected chi connectivity index (χ3v) is 2.91. The average Bonchev–Trinajstić information content (AvgIpc) is 2.55. The fraction of sp³-hybridized carbons (Fsp3) is 0.250. The molecule has 2 aromatic rings. The Labute approximate surface area is 124 Å². The highest BCUT2D eigenvalue weighted by Crippen LogP contribution is 2.15. The summed E-state index contributed by atoms with van der Waals surface area (Å²) in [5.41, 5.74) is 12.1. The standard InChI is InChI=1S/C8H11NO2.C8H11NO/c9-5-8(11)6-1-3-7(10)4-2-6;9-6-8(10)7-4-2-1-3-5-7/h1-4,8,10-11H,5,9H2;1-5,8,10H,6,9H2. The minimum absolute atomic E-state index is 0.193. The number of phenolic OH excluding ortho intramolecular Hbond substituents is 1. The van der Waals surface area contributed by atoms with E-state index < -0.39 is 12.2 Å². The van der Waals surface area contributed by atoms with Gasteiger partial charge >= 0.3 is 0 Å². The van der Waals surface area contributed by atoms with Crippen molar-refractivity contribution in [3.8, 4) is 5.75 Å². The number of benzene rings is 2. The van der Waals surface area contributed by atoms with Gasteiger partial charge in [0, 0.05) is 13.1 Å². The maximum atomic E-state index is 9.21. The monoisotopic (exact) mass is 290 g/mol. The normalized spacial score (nSPS) is 13.0. The highest BCUT2D eigenvalue weighted by molar-refractivity contribution is 5.27. The third-order valence-electron chi connectivity index (χ3n) is 2.91. The van der Waals surface area contributed by atoms with Gasteiger partial charge in [0.25, 0.3) is 0 Å². The molecule has 2 unspecified atom stereocenters. The van der Waals surface area contributed by atoms with Crippen molar-refractivity contribution in [2.45, 2.75) is 12.2 Å². The van der Waals surface area contributed by atoms with Crippen molar-refractivity contribution in [1.29, 1.82) is 0 Å². The van der Waals surface area contributed by atoms with Crippen LogP contribution in [0.3, 0.4) is 0 Å². The summed E-state index contributed by atoms with van der Waals surface area (Å²) in [6.07, 6.45) is -1.14. The number of nitrogens with two attached hydrogens (primary N) is 2. The zero-order chi connectivity index (χ0) is 15.7. The summed E-state index contributed by atoms with van der Waals surface area (Å²) in [5, 5.41) is 27.3. The molecule has 0 amide bonds. The van der Waals surface area contributed by atoms with Gasteiger partial charge in [0.05, 0.1) is 12.2 Å². The van der Waals surface area contributed by atoms with Gasteiger partial charge in [-0.2, -0.15) is 0 Å². The highest BCUT2D eigenvalue weighted by atomic mass is 16.3. The molecule has 0 radical (unpaired) electrons. The first kappa shape index (κ1) is 17.1. The van der Waals surface area contributed by atoms with Crippen LogP contribution in [0.4, 0.5) is 0 Å². The van der Waals surface area contributed by atoms with Crippen LogP contribution in [-0.2, 0) is 0 Å².